The first kappa shape index (κ1) is 18.1. The van der Waals surface area contributed by atoms with Crippen molar-refractivity contribution >= 4 is 27.3 Å². The monoisotopic (exact) mass is 393 g/mol. The van der Waals surface area contributed by atoms with Crippen molar-refractivity contribution in [1.82, 2.24) is 9.97 Å². The van der Waals surface area contributed by atoms with Crippen LogP contribution in [0.15, 0.2) is 63.6 Å². The summed E-state index contributed by atoms with van der Waals surface area (Å²) in [7, 11) is -3.76. The number of nitro groups is 1. The fraction of sp³-hybridized carbons (Fsp3) is 0.0625. The number of aromatic nitrogens is 2. The normalized spacial score (nSPS) is 11.5. The van der Waals surface area contributed by atoms with Crippen molar-refractivity contribution in [2.24, 2.45) is 0 Å². The zero-order valence-corrected chi connectivity index (χ0v) is 15.0. The van der Waals surface area contributed by atoms with Crippen molar-refractivity contribution in [3.8, 4) is 11.3 Å². The van der Waals surface area contributed by atoms with E-state index >= 15 is 0 Å². The standard InChI is InChI=1S/C16H12FN3O4S2/c1-26(23,24)14-4-2-3-13(15(14)20(21)22)25-16-18-9-12(19-16)10-5-7-11(17)8-6-10/h2-9H,1H3,(H,18,19). The van der Waals surface area contributed by atoms with E-state index in [1.54, 1.807) is 12.1 Å². The number of para-hydroxylation sites is 1. The van der Waals surface area contributed by atoms with Crippen LogP contribution in [-0.2, 0) is 9.84 Å². The van der Waals surface area contributed by atoms with Crippen LogP contribution in [0.2, 0.25) is 0 Å². The van der Waals surface area contributed by atoms with E-state index in [1.807, 2.05) is 0 Å². The van der Waals surface area contributed by atoms with Crippen LogP contribution in [0, 0.1) is 15.9 Å². The van der Waals surface area contributed by atoms with Gasteiger partial charge in [-0.3, -0.25) is 10.1 Å². The number of benzene rings is 2. The number of rotatable bonds is 5. The summed E-state index contributed by atoms with van der Waals surface area (Å²) in [5.74, 6) is -0.365. The van der Waals surface area contributed by atoms with Gasteiger partial charge in [0, 0.05) is 6.26 Å². The minimum atomic E-state index is -3.76. The second-order valence-corrected chi connectivity index (χ2v) is 8.36. The lowest BCUT2D eigenvalue weighted by Gasteiger charge is -2.05. The Morgan fingerprint density at radius 1 is 1.19 bits per heavy atom. The number of nitrogens with zero attached hydrogens (tertiary/aromatic N) is 2. The molecule has 0 fully saturated rings. The SMILES string of the molecule is CS(=O)(=O)c1cccc(Sc2ncc(-c3ccc(F)cc3)[nH]2)c1[N+](=O)[O-]. The summed E-state index contributed by atoms with van der Waals surface area (Å²) in [5.41, 5.74) is 0.819. The first-order chi connectivity index (χ1) is 12.3. The molecule has 134 valence electrons. The minimum Gasteiger partial charge on any atom is -0.333 e. The molecular formula is C16H12FN3O4S2. The predicted octanol–water partition coefficient (Wildman–Crippen LogP) is 3.68. The highest BCUT2D eigenvalue weighted by molar-refractivity contribution is 7.99. The highest BCUT2D eigenvalue weighted by atomic mass is 32.2. The minimum absolute atomic E-state index is 0.151. The zero-order valence-electron chi connectivity index (χ0n) is 13.3. The second-order valence-electron chi connectivity index (χ2n) is 5.34. The van der Waals surface area contributed by atoms with Gasteiger partial charge in [-0.25, -0.2) is 17.8 Å². The maximum Gasteiger partial charge on any atom is 0.301 e. The third kappa shape index (κ3) is 3.75. The molecular weight excluding hydrogens is 381 g/mol. The Hall–Kier alpha value is -2.72. The lowest BCUT2D eigenvalue weighted by Crippen LogP contribution is -2.03. The van der Waals surface area contributed by atoms with Crippen LogP contribution in [0.5, 0.6) is 0 Å². The Bertz CT molecular complexity index is 1080. The highest BCUT2D eigenvalue weighted by Crippen LogP contribution is 2.38. The molecule has 1 N–H and O–H groups in total. The van der Waals surface area contributed by atoms with Crippen LogP contribution >= 0.6 is 11.8 Å². The summed E-state index contributed by atoms with van der Waals surface area (Å²) in [4.78, 5) is 17.6. The number of hydrogen-bond acceptors (Lipinski definition) is 6. The lowest BCUT2D eigenvalue weighted by atomic mass is 10.2. The van der Waals surface area contributed by atoms with Gasteiger partial charge in [0.05, 0.1) is 21.7 Å². The molecule has 3 aromatic rings. The van der Waals surface area contributed by atoms with Crippen LogP contribution in [0.4, 0.5) is 10.1 Å². The van der Waals surface area contributed by atoms with Gasteiger partial charge in [0.1, 0.15) is 10.7 Å². The number of imidazole rings is 1. The Balaban J connectivity index is 1.97. The Morgan fingerprint density at radius 3 is 2.50 bits per heavy atom. The molecule has 1 aromatic heterocycles. The van der Waals surface area contributed by atoms with Crippen LogP contribution in [0.1, 0.15) is 0 Å². The molecule has 10 heteroatoms. The number of nitrogens with one attached hydrogen (secondary N) is 1. The van der Waals surface area contributed by atoms with Gasteiger partial charge in [0.15, 0.2) is 15.0 Å². The Kier molecular flexibility index (Phi) is 4.79. The topological polar surface area (TPSA) is 106 Å². The largest absolute Gasteiger partial charge is 0.333 e. The molecule has 0 aliphatic rings. The molecule has 3 rings (SSSR count). The van der Waals surface area contributed by atoms with Crippen LogP contribution < -0.4 is 0 Å². The molecule has 0 saturated carbocycles. The molecule has 0 unspecified atom stereocenters. The molecule has 0 spiro atoms. The molecule has 0 aliphatic carbocycles. The van der Waals surface area contributed by atoms with Gasteiger partial charge in [-0.15, -0.1) is 0 Å². The molecule has 0 atom stereocenters. The van der Waals surface area contributed by atoms with Gasteiger partial charge in [0.2, 0.25) is 0 Å². The summed E-state index contributed by atoms with van der Waals surface area (Å²) in [5, 5.41) is 11.7. The number of sulfone groups is 1. The molecule has 26 heavy (non-hydrogen) atoms. The summed E-state index contributed by atoms with van der Waals surface area (Å²) in [6.45, 7) is 0. The van der Waals surface area contributed by atoms with Gasteiger partial charge < -0.3 is 4.98 Å². The smallest absolute Gasteiger partial charge is 0.301 e. The summed E-state index contributed by atoms with van der Waals surface area (Å²) in [6.07, 6.45) is 2.44. The molecule has 0 aliphatic heterocycles. The molecule has 0 amide bonds. The zero-order chi connectivity index (χ0) is 18.9. The van der Waals surface area contributed by atoms with Gasteiger partial charge in [0.25, 0.3) is 0 Å². The van der Waals surface area contributed by atoms with Crippen LogP contribution in [0.25, 0.3) is 11.3 Å². The van der Waals surface area contributed by atoms with E-state index in [2.05, 4.69) is 9.97 Å². The van der Waals surface area contributed by atoms with Crippen molar-refractivity contribution in [2.45, 2.75) is 14.9 Å². The van der Waals surface area contributed by atoms with Crippen molar-refractivity contribution in [2.75, 3.05) is 6.26 Å². The Labute approximate surface area is 152 Å². The number of H-pyrrole nitrogens is 1. The average molecular weight is 393 g/mol. The summed E-state index contributed by atoms with van der Waals surface area (Å²) >= 11 is 0.945. The van der Waals surface area contributed by atoms with E-state index in [9.17, 15) is 22.9 Å². The van der Waals surface area contributed by atoms with E-state index in [-0.39, 0.29) is 15.6 Å². The average Bonchev–Trinajstić information content (AvgIpc) is 3.03. The van der Waals surface area contributed by atoms with E-state index in [4.69, 9.17) is 0 Å². The second kappa shape index (κ2) is 6.89. The first-order valence-electron chi connectivity index (χ1n) is 7.22. The van der Waals surface area contributed by atoms with E-state index in [1.165, 1.54) is 36.5 Å². The molecule has 0 saturated heterocycles. The fourth-order valence-electron chi connectivity index (χ4n) is 2.30. The predicted molar refractivity (Wildman–Crippen MR) is 94.3 cm³/mol. The maximum absolute atomic E-state index is 13.0. The lowest BCUT2D eigenvalue weighted by molar-refractivity contribution is -0.390. The number of hydrogen-bond donors (Lipinski definition) is 1. The van der Waals surface area contributed by atoms with Gasteiger partial charge in [-0.2, -0.15) is 0 Å². The summed E-state index contributed by atoms with van der Waals surface area (Å²) < 4.78 is 36.6. The van der Waals surface area contributed by atoms with E-state index in [0.29, 0.717) is 16.4 Å². The van der Waals surface area contributed by atoms with Crippen molar-refractivity contribution < 1.29 is 17.7 Å². The fourth-order valence-corrected chi connectivity index (χ4v) is 4.13. The van der Waals surface area contributed by atoms with Crippen molar-refractivity contribution in [3.05, 3.63) is 64.6 Å². The first-order valence-corrected chi connectivity index (χ1v) is 9.93. The molecule has 1 heterocycles. The molecule has 7 nitrogen and oxygen atoms in total. The van der Waals surface area contributed by atoms with Gasteiger partial charge in [-0.05, 0) is 53.7 Å². The third-order valence-corrected chi connectivity index (χ3v) is 5.54. The van der Waals surface area contributed by atoms with Gasteiger partial charge in [-0.1, -0.05) is 6.07 Å². The highest BCUT2D eigenvalue weighted by Gasteiger charge is 2.27. The van der Waals surface area contributed by atoms with Crippen molar-refractivity contribution in [1.29, 1.82) is 0 Å². The summed E-state index contributed by atoms with van der Waals surface area (Å²) in [6, 6.07) is 9.86. The van der Waals surface area contributed by atoms with E-state index < -0.39 is 20.4 Å². The van der Waals surface area contributed by atoms with Crippen LogP contribution in [-0.4, -0.2) is 29.6 Å². The number of nitro benzene ring substituents is 1. The maximum atomic E-state index is 13.0. The molecule has 0 radical (unpaired) electrons. The third-order valence-electron chi connectivity index (χ3n) is 3.46. The van der Waals surface area contributed by atoms with Crippen molar-refractivity contribution in [3.63, 3.8) is 0 Å². The molecule has 2 aromatic carbocycles. The van der Waals surface area contributed by atoms with Gasteiger partial charge >= 0.3 is 5.69 Å². The number of halogens is 1. The molecule has 0 bridgehead atoms. The Morgan fingerprint density at radius 2 is 1.88 bits per heavy atom. The number of aromatic amines is 1. The quantitative estimate of drug-likeness (QED) is 0.524. The van der Waals surface area contributed by atoms with E-state index in [0.717, 1.165) is 18.0 Å². The van der Waals surface area contributed by atoms with Crippen LogP contribution in [0.3, 0.4) is 0 Å².